The van der Waals surface area contributed by atoms with E-state index in [-0.39, 0.29) is 11.9 Å². The average Bonchev–Trinajstić information content (AvgIpc) is 2.65. The Kier molecular flexibility index (Phi) is 6.52. The van der Waals surface area contributed by atoms with Gasteiger partial charge < -0.3 is 15.1 Å². The molecule has 1 saturated heterocycles. The highest BCUT2D eigenvalue weighted by Crippen LogP contribution is 2.21. The van der Waals surface area contributed by atoms with Gasteiger partial charge in [0, 0.05) is 44.0 Å². The Hall–Kier alpha value is -2.18. The normalized spacial score (nSPS) is 19.8. The second-order valence-electron chi connectivity index (χ2n) is 8.39. The Labute approximate surface area is 167 Å². The molecular formula is C21H33N5O2. The Bertz CT molecular complexity index is 734. The SMILES string of the molecule is Cc1nc(CCNC(=O)N2CCN(CC(C)C)C(=O)C2C)nc2c1CCCC2. The first kappa shape index (κ1) is 20.6. The van der Waals surface area contributed by atoms with E-state index in [0.29, 0.717) is 32.0 Å². The van der Waals surface area contributed by atoms with Crippen molar-refractivity contribution in [3.05, 3.63) is 22.8 Å². The van der Waals surface area contributed by atoms with E-state index in [4.69, 9.17) is 4.98 Å². The summed E-state index contributed by atoms with van der Waals surface area (Å²) in [5, 5.41) is 2.94. The monoisotopic (exact) mass is 387 g/mol. The molecule has 1 aliphatic heterocycles. The van der Waals surface area contributed by atoms with E-state index in [1.165, 1.54) is 24.1 Å². The molecule has 1 aromatic rings. The molecular weight excluding hydrogens is 354 g/mol. The van der Waals surface area contributed by atoms with Crippen LogP contribution in [0.4, 0.5) is 4.79 Å². The van der Waals surface area contributed by atoms with Gasteiger partial charge in [0.25, 0.3) is 0 Å². The summed E-state index contributed by atoms with van der Waals surface area (Å²) in [6.45, 7) is 10.4. The third-order valence-corrected chi connectivity index (χ3v) is 5.65. The van der Waals surface area contributed by atoms with Crippen molar-refractivity contribution in [2.24, 2.45) is 5.92 Å². The number of hydrogen-bond donors (Lipinski definition) is 1. The summed E-state index contributed by atoms with van der Waals surface area (Å²) in [5.41, 5.74) is 3.57. The number of piperazine rings is 1. The number of aryl methyl sites for hydroxylation is 2. The fourth-order valence-corrected chi connectivity index (χ4v) is 4.17. The number of nitrogens with one attached hydrogen (secondary N) is 1. The zero-order valence-corrected chi connectivity index (χ0v) is 17.6. The molecule has 28 heavy (non-hydrogen) atoms. The quantitative estimate of drug-likeness (QED) is 0.839. The van der Waals surface area contributed by atoms with Crippen molar-refractivity contribution in [2.75, 3.05) is 26.2 Å². The molecule has 1 N–H and O–H groups in total. The summed E-state index contributed by atoms with van der Waals surface area (Å²) in [5.74, 6) is 1.25. The molecule has 154 valence electrons. The largest absolute Gasteiger partial charge is 0.339 e. The van der Waals surface area contributed by atoms with Gasteiger partial charge in [0.15, 0.2) is 0 Å². The van der Waals surface area contributed by atoms with Gasteiger partial charge in [0.05, 0.1) is 0 Å². The molecule has 1 aliphatic carbocycles. The van der Waals surface area contributed by atoms with Gasteiger partial charge in [-0.3, -0.25) is 4.79 Å². The molecule has 2 aliphatic rings. The highest BCUT2D eigenvalue weighted by molar-refractivity contribution is 5.88. The lowest BCUT2D eigenvalue weighted by Crippen LogP contribution is -2.60. The summed E-state index contributed by atoms with van der Waals surface area (Å²) >= 11 is 0. The van der Waals surface area contributed by atoms with Crippen LogP contribution in [0.15, 0.2) is 0 Å². The van der Waals surface area contributed by atoms with Crippen LogP contribution in [-0.4, -0.2) is 63.9 Å². The molecule has 0 aromatic carbocycles. The zero-order chi connectivity index (χ0) is 20.3. The topological polar surface area (TPSA) is 78.4 Å². The molecule has 7 nitrogen and oxygen atoms in total. The van der Waals surface area contributed by atoms with Gasteiger partial charge in [-0.15, -0.1) is 0 Å². The van der Waals surface area contributed by atoms with Crippen LogP contribution in [0.2, 0.25) is 0 Å². The Balaban J connectivity index is 1.52. The number of carbonyl (C=O) groups excluding carboxylic acids is 2. The molecule has 2 heterocycles. The summed E-state index contributed by atoms with van der Waals surface area (Å²) in [6, 6.07) is -0.602. The van der Waals surface area contributed by atoms with E-state index < -0.39 is 6.04 Å². The first-order chi connectivity index (χ1) is 13.4. The maximum Gasteiger partial charge on any atom is 0.318 e. The van der Waals surface area contributed by atoms with Crippen molar-refractivity contribution < 1.29 is 9.59 Å². The number of fused-ring (bicyclic) bond motifs is 1. The number of carbonyl (C=O) groups is 2. The Morgan fingerprint density at radius 2 is 1.96 bits per heavy atom. The first-order valence-electron chi connectivity index (χ1n) is 10.5. The van der Waals surface area contributed by atoms with Gasteiger partial charge >= 0.3 is 6.03 Å². The van der Waals surface area contributed by atoms with E-state index in [1.54, 1.807) is 4.90 Å². The van der Waals surface area contributed by atoms with Crippen molar-refractivity contribution in [3.8, 4) is 0 Å². The van der Waals surface area contributed by atoms with E-state index in [2.05, 4.69) is 31.1 Å². The van der Waals surface area contributed by atoms with Crippen molar-refractivity contribution in [3.63, 3.8) is 0 Å². The van der Waals surface area contributed by atoms with E-state index in [9.17, 15) is 9.59 Å². The minimum Gasteiger partial charge on any atom is -0.339 e. The number of urea groups is 1. The van der Waals surface area contributed by atoms with Crippen molar-refractivity contribution in [1.29, 1.82) is 0 Å². The number of aromatic nitrogens is 2. The predicted molar refractivity (Wildman–Crippen MR) is 108 cm³/mol. The summed E-state index contributed by atoms with van der Waals surface area (Å²) in [6.07, 6.45) is 5.11. The number of rotatable bonds is 5. The molecule has 1 unspecified atom stereocenters. The third kappa shape index (κ3) is 4.62. The van der Waals surface area contributed by atoms with Crippen LogP contribution in [-0.2, 0) is 24.1 Å². The molecule has 1 atom stereocenters. The van der Waals surface area contributed by atoms with Gasteiger partial charge in [0.2, 0.25) is 5.91 Å². The van der Waals surface area contributed by atoms with Crippen LogP contribution in [0.1, 0.15) is 56.4 Å². The van der Waals surface area contributed by atoms with Crippen LogP contribution < -0.4 is 5.32 Å². The van der Waals surface area contributed by atoms with Crippen LogP contribution in [0.5, 0.6) is 0 Å². The molecule has 0 bridgehead atoms. The van der Waals surface area contributed by atoms with Gasteiger partial charge in [0.1, 0.15) is 11.9 Å². The van der Waals surface area contributed by atoms with E-state index in [1.807, 2.05) is 11.8 Å². The lowest BCUT2D eigenvalue weighted by molar-refractivity contribution is -0.139. The summed E-state index contributed by atoms with van der Waals surface area (Å²) < 4.78 is 0. The van der Waals surface area contributed by atoms with Crippen LogP contribution >= 0.6 is 0 Å². The summed E-state index contributed by atoms with van der Waals surface area (Å²) in [7, 11) is 0. The van der Waals surface area contributed by atoms with Gasteiger partial charge in [-0.1, -0.05) is 13.8 Å². The molecule has 1 aromatic heterocycles. The smallest absolute Gasteiger partial charge is 0.318 e. The van der Waals surface area contributed by atoms with Crippen molar-refractivity contribution >= 4 is 11.9 Å². The fourth-order valence-electron chi connectivity index (χ4n) is 4.17. The highest BCUT2D eigenvalue weighted by atomic mass is 16.2. The second-order valence-corrected chi connectivity index (χ2v) is 8.39. The molecule has 0 saturated carbocycles. The predicted octanol–water partition coefficient (Wildman–Crippen LogP) is 2.10. The second kappa shape index (κ2) is 8.88. The summed E-state index contributed by atoms with van der Waals surface area (Å²) in [4.78, 5) is 37.9. The van der Waals surface area contributed by atoms with Crippen molar-refractivity contribution in [1.82, 2.24) is 25.1 Å². The lowest BCUT2D eigenvalue weighted by atomic mass is 9.95. The number of hydrogen-bond acceptors (Lipinski definition) is 4. The molecule has 1 fully saturated rings. The van der Waals surface area contributed by atoms with Gasteiger partial charge in [-0.05, 0) is 51.0 Å². The number of amides is 3. The zero-order valence-electron chi connectivity index (χ0n) is 17.6. The Morgan fingerprint density at radius 3 is 2.71 bits per heavy atom. The van der Waals surface area contributed by atoms with Crippen LogP contribution in [0, 0.1) is 12.8 Å². The lowest BCUT2D eigenvalue weighted by Gasteiger charge is -2.39. The third-order valence-electron chi connectivity index (χ3n) is 5.65. The maximum atomic E-state index is 12.6. The van der Waals surface area contributed by atoms with Crippen LogP contribution in [0.25, 0.3) is 0 Å². The minimum atomic E-state index is -0.422. The maximum absolute atomic E-state index is 12.6. The molecule has 0 radical (unpaired) electrons. The Morgan fingerprint density at radius 1 is 1.21 bits per heavy atom. The van der Waals surface area contributed by atoms with E-state index >= 15 is 0 Å². The first-order valence-corrected chi connectivity index (χ1v) is 10.5. The molecule has 3 rings (SSSR count). The standard InChI is InChI=1S/C21H33N5O2/c1-14(2)13-25-11-12-26(16(4)20(25)27)21(28)22-10-9-19-23-15(3)17-7-5-6-8-18(17)24-19/h14,16H,5-13H2,1-4H3,(H,22,28). The highest BCUT2D eigenvalue weighted by Gasteiger charge is 2.34. The minimum absolute atomic E-state index is 0.0312. The number of nitrogens with zero attached hydrogens (tertiary/aromatic N) is 4. The average molecular weight is 388 g/mol. The van der Waals surface area contributed by atoms with Crippen LogP contribution in [0.3, 0.4) is 0 Å². The van der Waals surface area contributed by atoms with E-state index in [0.717, 1.165) is 30.9 Å². The molecule has 0 spiro atoms. The van der Waals surface area contributed by atoms with Gasteiger partial charge in [-0.25, -0.2) is 14.8 Å². The molecule has 3 amide bonds. The fraction of sp³-hybridized carbons (Fsp3) is 0.714. The van der Waals surface area contributed by atoms with Crippen molar-refractivity contribution in [2.45, 2.75) is 65.8 Å². The molecule has 7 heteroatoms. The van der Waals surface area contributed by atoms with Gasteiger partial charge in [-0.2, -0.15) is 0 Å².